The first-order valence-corrected chi connectivity index (χ1v) is 7.74. The third-order valence-electron chi connectivity index (χ3n) is 4.58. The van der Waals surface area contributed by atoms with Gasteiger partial charge in [-0.15, -0.1) is 0 Å². The van der Waals surface area contributed by atoms with E-state index in [2.05, 4.69) is 5.32 Å². The highest BCUT2D eigenvalue weighted by molar-refractivity contribution is 5.96. The maximum absolute atomic E-state index is 12.2. The molecule has 2 fully saturated rings. The molecular weight excluding hydrogens is 240 g/mol. The Morgan fingerprint density at radius 1 is 1.21 bits per heavy atom. The van der Waals surface area contributed by atoms with Crippen LogP contribution < -0.4 is 5.32 Å². The van der Waals surface area contributed by atoms with Gasteiger partial charge in [0.25, 0.3) is 0 Å². The van der Waals surface area contributed by atoms with Crippen LogP contribution in [0.3, 0.4) is 0 Å². The number of nitrogens with zero attached hydrogens (tertiary/aromatic N) is 1. The van der Waals surface area contributed by atoms with Crippen LogP contribution in [0.5, 0.6) is 0 Å². The molecule has 19 heavy (non-hydrogen) atoms. The molecule has 1 saturated heterocycles. The minimum Gasteiger partial charge on any atom is -0.343 e. The molecular formula is C15H26N2O2. The molecule has 0 aromatic heterocycles. The molecule has 0 bridgehead atoms. The topological polar surface area (TPSA) is 49.4 Å². The van der Waals surface area contributed by atoms with Crippen molar-refractivity contribution < 1.29 is 9.59 Å². The van der Waals surface area contributed by atoms with Crippen LogP contribution in [0.15, 0.2) is 0 Å². The molecule has 4 nitrogen and oxygen atoms in total. The Morgan fingerprint density at radius 2 is 1.89 bits per heavy atom. The molecule has 0 spiro atoms. The molecule has 0 aromatic carbocycles. The van der Waals surface area contributed by atoms with Crippen LogP contribution in [0.4, 0.5) is 0 Å². The molecule has 2 aliphatic rings. The van der Waals surface area contributed by atoms with Crippen molar-refractivity contribution in [1.82, 2.24) is 10.2 Å². The van der Waals surface area contributed by atoms with Crippen molar-refractivity contribution >= 4 is 11.8 Å². The lowest BCUT2D eigenvalue weighted by molar-refractivity contribution is -0.149. The van der Waals surface area contributed by atoms with Crippen molar-refractivity contribution in [2.24, 2.45) is 5.92 Å². The Morgan fingerprint density at radius 3 is 2.53 bits per heavy atom. The van der Waals surface area contributed by atoms with Gasteiger partial charge in [-0.1, -0.05) is 39.0 Å². The molecule has 4 heteroatoms. The normalized spacial score (nSPS) is 29.5. The summed E-state index contributed by atoms with van der Waals surface area (Å²) in [5.41, 5.74) is 0. The molecule has 0 radical (unpaired) electrons. The highest BCUT2D eigenvalue weighted by atomic mass is 16.2. The Bertz CT molecular complexity index is 337. The van der Waals surface area contributed by atoms with E-state index in [4.69, 9.17) is 0 Å². The van der Waals surface area contributed by atoms with Crippen LogP contribution in [-0.2, 0) is 9.59 Å². The molecule has 0 aromatic rings. The molecule has 108 valence electrons. The average molecular weight is 266 g/mol. The van der Waals surface area contributed by atoms with Gasteiger partial charge in [-0.05, 0) is 25.7 Å². The van der Waals surface area contributed by atoms with Crippen molar-refractivity contribution in [3.8, 4) is 0 Å². The highest BCUT2D eigenvalue weighted by Gasteiger charge is 2.37. The van der Waals surface area contributed by atoms with Gasteiger partial charge < -0.3 is 10.2 Å². The molecule has 1 N–H and O–H groups in total. The zero-order chi connectivity index (χ0) is 13.8. The molecule has 2 atom stereocenters. The van der Waals surface area contributed by atoms with E-state index in [1.54, 1.807) is 6.92 Å². The van der Waals surface area contributed by atoms with E-state index in [9.17, 15) is 9.59 Å². The second kappa shape index (κ2) is 6.40. The van der Waals surface area contributed by atoms with Gasteiger partial charge in [0.15, 0.2) is 0 Å². The van der Waals surface area contributed by atoms with Crippen LogP contribution in [0.1, 0.15) is 58.8 Å². The number of piperazine rings is 1. The quantitative estimate of drug-likeness (QED) is 0.847. The van der Waals surface area contributed by atoms with Crippen LogP contribution >= 0.6 is 0 Å². The largest absolute Gasteiger partial charge is 0.343 e. The summed E-state index contributed by atoms with van der Waals surface area (Å²) in [6.45, 7) is 4.50. The summed E-state index contributed by atoms with van der Waals surface area (Å²) in [4.78, 5) is 26.0. The van der Waals surface area contributed by atoms with Crippen LogP contribution in [0.2, 0.25) is 0 Å². The SMILES string of the molecule is CCC1C(=O)NC(C)C(=O)N1CCC1CCCCC1. The van der Waals surface area contributed by atoms with E-state index in [-0.39, 0.29) is 23.9 Å². The summed E-state index contributed by atoms with van der Waals surface area (Å²) < 4.78 is 0. The van der Waals surface area contributed by atoms with E-state index in [0.29, 0.717) is 6.42 Å². The lowest BCUT2D eigenvalue weighted by Gasteiger charge is -2.38. The van der Waals surface area contributed by atoms with Gasteiger partial charge in [0, 0.05) is 6.54 Å². The summed E-state index contributed by atoms with van der Waals surface area (Å²) >= 11 is 0. The monoisotopic (exact) mass is 266 g/mol. The first-order valence-electron chi connectivity index (χ1n) is 7.74. The predicted molar refractivity (Wildman–Crippen MR) is 74.6 cm³/mol. The smallest absolute Gasteiger partial charge is 0.245 e. The van der Waals surface area contributed by atoms with E-state index in [0.717, 1.165) is 18.9 Å². The van der Waals surface area contributed by atoms with Gasteiger partial charge in [0.2, 0.25) is 11.8 Å². The van der Waals surface area contributed by atoms with Gasteiger partial charge in [-0.3, -0.25) is 9.59 Å². The van der Waals surface area contributed by atoms with Crippen LogP contribution in [0, 0.1) is 5.92 Å². The van der Waals surface area contributed by atoms with Gasteiger partial charge in [-0.25, -0.2) is 0 Å². The summed E-state index contributed by atoms with van der Waals surface area (Å²) in [5.74, 6) is 0.847. The molecule has 1 saturated carbocycles. The minimum absolute atomic E-state index is 0.0123. The van der Waals surface area contributed by atoms with Gasteiger partial charge >= 0.3 is 0 Å². The second-order valence-corrected chi connectivity index (χ2v) is 5.98. The summed E-state index contributed by atoms with van der Waals surface area (Å²) in [5, 5.41) is 2.77. The third-order valence-corrected chi connectivity index (χ3v) is 4.58. The fraction of sp³-hybridized carbons (Fsp3) is 0.867. The van der Waals surface area contributed by atoms with Crippen molar-refractivity contribution in [3.05, 3.63) is 0 Å². The third kappa shape index (κ3) is 3.28. The Kier molecular flexibility index (Phi) is 4.83. The number of hydrogen-bond donors (Lipinski definition) is 1. The molecule has 2 amide bonds. The first kappa shape index (κ1) is 14.4. The number of carbonyl (C=O) groups is 2. The Balaban J connectivity index is 1.94. The van der Waals surface area contributed by atoms with E-state index in [1.165, 1.54) is 32.1 Å². The predicted octanol–water partition coefficient (Wildman–Crippen LogP) is 2.08. The van der Waals surface area contributed by atoms with Crippen molar-refractivity contribution in [2.45, 2.75) is 70.9 Å². The zero-order valence-corrected chi connectivity index (χ0v) is 12.2. The van der Waals surface area contributed by atoms with E-state index >= 15 is 0 Å². The minimum atomic E-state index is -0.360. The number of carbonyl (C=O) groups excluding carboxylic acids is 2. The number of rotatable bonds is 4. The number of hydrogen-bond acceptors (Lipinski definition) is 2. The molecule has 2 rings (SSSR count). The second-order valence-electron chi connectivity index (χ2n) is 5.98. The number of amides is 2. The van der Waals surface area contributed by atoms with Crippen molar-refractivity contribution in [3.63, 3.8) is 0 Å². The maximum Gasteiger partial charge on any atom is 0.245 e. The van der Waals surface area contributed by atoms with Crippen molar-refractivity contribution in [1.29, 1.82) is 0 Å². The van der Waals surface area contributed by atoms with Crippen LogP contribution in [0.25, 0.3) is 0 Å². The van der Waals surface area contributed by atoms with Gasteiger partial charge in [0.1, 0.15) is 12.1 Å². The standard InChI is InChI=1S/C15H26N2O2/c1-3-13-14(18)16-11(2)15(19)17(13)10-9-12-7-5-4-6-8-12/h11-13H,3-10H2,1-2H3,(H,16,18). The maximum atomic E-state index is 12.2. The molecule has 1 heterocycles. The fourth-order valence-electron chi connectivity index (χ4n) is 3.38. The zero-order valence-electron chi connectivity index (χ0n) is 12.2. The van der Waals surface area contributed by atoms with Crippen LogP contribution in [-0.4, -0.2) is 35.3 Å². The lowest BCUT2D eigenvalue weighted by Crippen LogP contribution is -2.62. The summed E-state index contributed by atoms with van der Waals surface area (Å²) in [6.07, 6.45) is 8.36. The fourth-order valence-corrected chi connectivity index (χ4v) is 3.38. The van der Waals surface area contributed by atoms with E-state index in [1.807, 2.05) is 11.8 Å². The molecule has 1 aliphatic heterocycles. The lowest BCUT2D eigenvalue weighted by atomic mass is 9.86. The van der Waals surface area contributed by atoms with Crippen molar-refractivity contribution in [2.75, 3.05) is 6.54 Å². The number of nitrogens with one attached hydrogen (secondary N) is 1. The molecule has 2 unspecified atom stereocenters. The highest BCUT2D eigenvalue weighted by Crippen LogP contribution is 2.27. The first-order chi connectivity index (χ1) is 9.13. The Labute approximate surface area is 115 Å². The van der Waals surface area contributed by atoms with Gasteiger partial charge in [-0.2, -0.15) is 0 Å². The Hall–Kier alpha value is -1.06. The molecule has 1 aliphatic carbocycles. The summed E-state index contributed by atoms with van der Waals surface area (Å²) in [7, 11) is 0. The van der Waals surface area contributed by atoms with Gasteiger partial charge in [0.05, 0.1) is 0 Å². The van der Waals surface area contributed by atoms with E-state index < -0.39 is 0 Å². The average Bonchev–Trinajstić information content (AvgIpc) is 2.42. The summed E-state index contributed by atoms with van der Waals surface area (Å²) in [6, 6.07) is -0.617.